The second-order valence-electron chi connectivity index (χ2n) is 2.94. The van der Waals surface area contributed by atoms with Gasteiger partial charge in [0.25, 0.3) is 0 Å². The summed E-state index contributed by atoms with van der Waals surface area (Å²) in [6.07, 6.45) is 5.24. The smallest absolute Gasteiger partial charge is 0.0614 e. The van der Waals surface area contributed by atoms with E-state index in [2.05, 4.69) is 19.2 Å². The van der Waals surface area contributed by atoms with E-state index < -0.39 is 0 Å². The summed E-state index contributed by atoms with van der Waals surface area (Å²) in [6.45, 7) is 5.53. The number of hydrogen-bond acceptors (Lipinski definition) is 1. The molecule has 0 saturated carbocycles. The van der Waals surface area contributed by atoms with Crippen molar-refractivity contribution >= 4 is 17.7 Å². The van der Waals surface area contributed by atoms with Crippen LogP contribution in [0.4, 0.5) is 0 Å². The largest absolute Gasteiger partial charge is 0.382 e. The zero-order valence-corrected chi connectivity index (χ0v) is 8.41. The van der Waals surface area contributed by atoms with Gasteiger partial charge in [-0.15, -0.1) is 0 Å². The van der Waals surface area contributed by atoms with Gasteiger partial charge in [0.15, 0.2) is 0 Å². The van der Waals surface area contributed by atoms with Crippen molar-refractivity contribution in [2.75, 3.05) is 6.54 Å². The van der Waals surface area contributed by atoms with Gasteiger partial charge in [-0.3, -0.25) is 0 Å². The second-order valence-corrected chi connectivity index (χ2v) is 3.18. The fourth-order valence-electron chi connectivity index (χ4n) is 1.16. The zero-order chi connectivity index (χ0) is 8.53. The number of rotatable bonds is 7. The molecule has 1 nitrogen and oxygen atoms in total. The molecule has 1 N–H and O–H groups in total. The predicted octanol–water partition coefficient (Wildman–Crippen LogP) is 2.75. The van der Waals surface area contributed by atoms with Crippen LogP contribution in [0.1, 0.15) is 39.5 Å². The van der Waals surface area contributed by atoms with Crippen LogP contribution >= 0.6 is 12.2 Å². The molecule has 0 heterocycles. The highest BCUT2D eigenvalue weighted by molar-refractivity contribution is 7.78. The lowest BCUT2D eigenvalue weighted by molar-refractivity contribution is 0.448. The van der Waals surface area contributed by atoms with Crippen molar-refractivity contribution in [2.24, 2.45) is 5.92 Å². The Morgan fingerprint density at radius 2 is 2.18 bits per heavy atom. The maximum absolute atomic E-state index is 4.69. The lowest BCUT2D eigenvalue weighted by Crippen LogP contribution is -2.20. The van der Waals surface area contributed by atoms with Gasteiger partial charge >= 0.3 is 0 Å². The molecule has 1 unspecified atom stereocenters. The standard InChI is InChI=1S/C9H19NS/c1-3-5-6-9(4-2)7-10-8-11/h8-9H,3-7H2,1-2H3,(H,10,11). The van der Waals surface area contributed by atoms with Crippen molar-refractivity contribution in [3.63, 3.8) is 0 Å². The van der Waals surface area contributed by atoms with Gasteiger partial charge in [-0.1, -0.05) is 45.3 Å². The summed E-state index contributed by atoms with van der Waals surface area (Å²) < 4.78 is 0. The monoisotopic (exact) mass is 173 g/mol. The van der Waals surface area contributed by atoms with Gasteiger partial charge in [0, 0.05) is 6.54 Å². The topological polar surface area (TPSA) is 12.0 Å². The van der Waals surface area contributed by atoms with E-state index in [1.807, 2.05) is 0 Å². The van der Waals surface area contributed by atoms with E-state index in [9.17, 15) is 0 Å². The molecule has 0 rings (SSSR count). The van der Waals surface area contributed by atoms with Gasteiger partial charge in [-0.2, -0.15) is 0 Å². The van der Waals surface area contributed by atoms with E-state index in [1.54, 1.807) is 5.49 Å². The van der Waals surface area contributed by atoms with E-state index in [0.717, 1.165) is 12.5 Å². The highest BCUT2D eigenvalue weighted by Crippen LogP contribution is 2.10. The third-order valence-electron chi connectivity index (χ3n) is 2.03. The maximum Gasteiger partial charge on any atom is 0.0614 e. The van der Waals surface area contributed by atoms with Crippen molar-refractivity contribution < 1.29 is 0 Å². The highest BCUT2D eigenvalue weighted by Gasteiger charge is 2.02. The van der Waals surface area contributed by atoms with Gasteiger partial charge in [-0.05, 0) is 12.3 Å². The van der Waals surface area contributed by atoms with Gasteiger partial charge < -0.3 is 5.32 Å². The van der Waals surface area contributed by atoms with Crippen molar-refractivity contribution in [3.05, 3.63) is 0 Å². The summed E-state index contributed by atoms with van der Waals surface area (Å²) >= 11 is 4.69. The van der Waals surface area contributed by atoms with Crippen LogP contribution in [-0.4, -0.2) is 12.0 Å². The molecule has 0 fully saturated rings. The van der Waals surface area contributed by atoms with Gasteiger partial charge in [0.2, 0.25) is 0 Å². The summed E-state index contributed by atoms with van der Waals surface area (Å²) in [7, 11) is 0. The number of hydrogen-bond donors (Lipinski definition) is 1. The molecule has 0 aromatic carbocycles. The summed E-state index contributed by atoms with van der Waals surface area (Å²) in [5, 5.41) is 3.10. The lowest BCUT2D eigenvalue weighted by Gasteiger charge is -2.13. The van der Waals surface area contributed by atoms with E-state index >= 15 is 0 Å². The van der Waals surface area contributed by atoms with Crippen LogP contribution in [0.2, 0.25) is 0 Å². The minimum absolute atomic E-state index is 0.814. The van der Waals surface area contributed by atoms with E-state index in [-0.39, 0.29) is 0 Å². The Kier molecular flexibility index (Phi) is 7.91. The Labute approximate surface area is 75.6 Å². The fraction of sp³-hybridized carbons (Fsp3) is 0.889. The Morgan fingerprint density at radius 3 is 2.64 bits per heavy atom. The van der Waals surface area contributed by atoms with Crippen LogP contribution in [0.15, 0.2) is 0 Å². The summed E-state index contributed by atoms with van der Waals surface area (Å²) in [6, 6.07) is 0. The molecule has 0 bridgehead atoms. The zero-order valence-electron chi connectivity index (χ0n) is 7.60. The third kappa shape index (κ3) is 6.29. The van der Waals surface area contributed by atoms with Crippen molar-refractivity contribution in [1.29, 1.82) is 0 Å². The van der Waals surface area contributed by atoms with Crippen LogP contribution in [0.25, 0.3) is 0 Å². The van der Waals surface area contributed by atoms with Gasteiger partial charge in [0.1, 0.15) is 0 Å². The van der Waals surface area contributed by atoms with Crippen molar-refractivity contribution in [2.45, 2.75) is 39.5 Å². The first-order valence-corrected chi connectivity index (χ1v) is 4.99. The van der Waals surface area contributed by atoms with E-state index in [0.29, 0.717) is 0 Å². The minimum atomic E-state index is 0.814. The minimum Gasteiger partial charge on any atom is -0.382 e. The molecule has 0 amide bonds. The Hall–Kier alpha value is -0.110. The summed E-state index contributed by atoms with van der Waals surface area (Å²) in [4.78, 5) is 0. The quantitative estimate of drug-likeness (QED) is 0.594. The highest BCUT2D eigenvalue weighted by atomic mass is 32.1. The van der Waals surface area contributed by atoms with Gasteiger partial charge in [0.05, 0.1) is 5.49 Å². The number of thiocarbonyl (C=S) groups is 1. The molecule has 0 aromatic rings. The average molecular weight is 173 g/mol. The van der Waals surface area contributed by atoms with Crippen LogP contribution in [0.5, 0.6) is 0 Å². The molecule has 0 saturated heterocycles. The molecule has 0 aliphatic carbocycles. The Morgan fingerprint density at radius 1 is 1.45 bits per heavy atom. The van der Waals surface area contributed by atoms with Crippen LogP contribution in [0, 0.1) is 5.92 Å². The third-order valence-corrected chi connectivity index (χ3v) is 2.20. The van der Waals surface area contributed by atoms with E-state index in [1.165, 1.54) is 25.7 Å². The summed E-state index contributed by atoms with van der Waals surface area (Å²) in [5.41, 5.74) is 1.62. The first kappa shape index (κ1) is 10.9. The first-order valence-electron chi connectivity index (χ1n) is 4.52. The van der Waals surface area contributed by atoms with Crippen molar-refractivity contribution in [3.8, 4) is 0 Å². The molecule has 2 heteroatoms. The summed E-state index contributed by atoms with van der Waals surface area (Å²) in [5.74, 6) is 0.814. The van der Waals surface area contributed by atoms with Gasteiger partial charge in [-0.25, -0.2) is 0 Å². The van der Waals surface area contributed by atoms with Crippen LogP contribution in [0.3, 0.4) is 0 Å². The van der Waals surface area contributed by atoms with Crippen molar-refractivity contribution in [1.82, 2.24) is 5.32 Å². The first-order chi connectivity index (χ1) is 5.35. The van der Waals surface area contributed by atoms with Crippen LogP contribution < -0.4 is 5.32 Å². The maximum atomic E-state index is 4.69. The second kappa shape index (κ2) is 7.99. The fourth-order valence-corrected chi connectivity index (χ4v) is 1.25. The molecule has 0 aliphatic rings. The Balaban J connectivity index is 3.32. The molecule has 0 radical (unpaired) electrons. The molecular weight excluding hydrogens is 154 g/mol. The molecule has 0 spiro atoms. The molecule has 66 valence electrons. The molecule has 1 atom stereocenters. The number of nitrogens with one attached hydrogen (secondary N) is 1. The van der Waals surface area contributed by atoms with E-state index in [4.69, 9.17) is 12.2 Å². The predicted molar refractivity (Wildman–Crippen MR) is 55.0 cm³/mol. The Bertz CT molecular complexity index is 93.6. The number of unbranched alkanes of at least 4 members (excludes halogenated alkanes) is 1. The average Bonchev–Trinajstić information content (AvgIpc) is 2.05. The molecule has 11 heavy (non-hydrogen) atoms. The lowest BCUT2D eigenvalue weighted by atomic mass is 10.00. The molecule has 0 aliphatic heterocycles. The molecular formula is C9H19NS. The normalized spacial score (nSPS) is 12.5. The SMILES string of the molecule is CCCCC(CC)CNC=S. The van der Waals surface area contributed by atoms with Crippen LogP contribution in [-0.2, 0) is 0 Å². The molecule has 0 aromatic heterocycles.